The van der Waals surface area contributed by atoms with E-state index in [1.807, 2.05) is 37.3 Å². The Kier molecular flexibility index (Phi) is 5.27. The quantitative estimate of drug-likeness (QED) is 0.870. The summed E-state index contributed by atoms with van der Waals surface area (Å²) in [5.41, 5.74) is 3.72. The van der Waals surface area contributed by atoms with Crippen molar-refractivity contribution in [3.8, 4) is 5.75 Å². The molecular weight excluding hydrogens is 312 g/mol. The van der Waals surface area contributed by atoms with Crippen LogP contribution in [0.1, 0.15) is 36.6 Å². The first-order chi connectivity index (χ1) is 12.1. The van der Waals surface area contributed by atoms with E-state index < -0.39 is 0 Å². The third kappa shape index (κ3) is 4.13. The number of carbonyl (C=O) groups excluding carboxylic acids is 1. The number of nitrogens with one attached hydrogen (secondary N) is 2. The third-order valence-corrected chi connectivity index (χ3v) is 4.84. The monoisotopic (exact) mass is 338 g/mol. The molecule has 2 N–H and O–H groups in total. The lowest BCUT2D eigenvalue weighted by Crippen LogP contribution is -2.43. The van der Waals surface area contributed by atoms with E-state index in [9.17, 15) is 4.79 Å². The van der Waals surface area contributed by atoms with Gasteiger partial charge in [-0.1, -0.05) is 43.3 Å². The number of fused-ring (bicyclic) bond motifs is 1. The number of methoxy groups -OCH3 is 1. The molecule has 0 aromatic heterocycles. The highest BCUT2D eigenvalue weighted by Crippen LogP contribution is 2.35. The molecule has 0 bridgehead atoms. The molecule has 1 aliphatic rings. The van der Waals surface area contributed by atoms with E-state index in [1.165, 1.54) is 11.1 Å². The lowest BCUT2D eigenvalue weighted by Gasteiger charge is -2.21. The van der Waals surface area contributed by atoms with Crippen LogP contribution in [0.5, 0.6) is 5.75 Å². The fourth-order valence-corrected chi connectivity index (χ4v) is 3.63. The van der Waals surface area contributed by atoms with Crippen LogP contribution in [0.3, 0.4) is 0 Å². The minimum Gasteiger partial charge on any atom is -0.497 e. The Morgan fingerprint density at radius 2 is 2.04 bits per heavy atom. The number of rotatable bonds is 5. The molecule has 132 valence electrons. The second-order valence-corrected chi connectivity index (χ2v) is 6.93. The molecule has 0 fully saturated rings. The highest BCUT2D eigenvalue weighted by molar-refractivity contribution is 5.75. The predicted octanol–water partition coefficient (Wildman–Crippen LogP) is 3.86. The van der Waals surface area contributed by atoms with E-state index in [4.69, 9.17) is 4.74 Å². The van der Waals surface area contributed by atoms with Gasteiger partial charge in [0.1, 0.15) is 5.75 Å². The Hall–Kier alpha value is -2.49. The minimum absolute atomic E-state index is 0.0408. The average molecular weight is 338 g/mol. The predicted molar refractivity (Wildman–Crippen MR) is 99.9 cm³/mol. The van der Waals surface area contributed by atoms with Crippen LogP contribution in [-0.2, 0) is 12.8 Å². The van der Waals surface area contributed by atoms with Crippen LogP contribution in [0.15, 0.2) is 48.5 Å². The zero-order chi connectivity index (χ0) is 17.8. The highest BCUT2D eigenvalue weighted by atomic mass is 16.5. The van der Waals surface area contributed by atoms with Gasteiger partial charge in [0, 0.05) is 6.04 Å². The van der Waals surface area contributed by atoms with Gasteiger partial charge in [-0.3, -0.25) is 0 Å². The molecule has 25 heavy (non-hydrogen) atoms. The third-order valence-electron chi connectivity index (χ3n) is 4.84. The van der Waals surface area contributed by atoms with Crippen molar-refractivity contribution in [3.05, 3.63) is 65.2 Å². The fraction of sp³-hybridized carbons (Fsp3) is 0.381. The van der Waals surface area contributed by atoms with Crippen LogP contribution in [0.2, 0.25) is 0 Å². The molecule has 3 atom stereocenters. The largest absolute Gasteiger partial charge is 0.497 e. The number of hydrogen-bond donors (Lipinski definition) is 2. The molecule has 3 rings (SSSR count). The molecule has 0 radical (unpaired) electrons. The van der Waals surface area contributed by atoms with Crippen LogP contribution in [-0.4, -0.2) is 19.2 Å². The van der Waals surface area contributed by atoms with E-state index in [1.54, 1.807) is 7.11 Å². The second-order valence-electron chi connectivity index (χ2n) is 6.93. The van der Waals surface area contributed by atoms with Crippen molar-refractivity contribution in [2.45, 2.75) is 38.8 Å². The Morgan fingerprint density at radius 1 is 1.24 bits per heavy atom. The molecule has 2 aromatic rings. The zero-order valence-corrected chi connectivity index (χ0v) is 15.1. The van der Waals surface area contributed by atoms with Gasteiger partial charge >= 0.3 is 6.03 Å². The first kappa shape index (κ1) is 17.3. The molecular formula is C21H26N2O2. The minimum atomic E-state index is -0.107. The van der Waals surface area contributed by atoms with Crippen molar-refractivity contribution >= 4 is 6.03 Å². The summed E-state index contributed by atoms with van der Waals surface area (Å²) in [5.74, 6) is 1.25. The van der Waals surface area contributed by atoms with E-state index >= 15 is 0 Å². The van der Waals surface area contributed by atoms with Crippen molar-refractivity contribution in [1.29, 1.82) is 0 Å². The summed E-state index contributed by atoms with van der Waals surface area (Å²) in [4.78, 5) is 12.4. The standard InChI is InChI=1S/C21H26N2O2/c1-14-11-17-8-4-5-10-19(17)20(14)23-21(24)22-15(2)12-16-7-6-9-18(13-16)25-3/h4-10,13-15,20H,11-12H2,1-3H3,(H2,22,23,24). The maximum absolute atomic E-state index is 12.4. The van der Waals surface area contributed by atoms with Gasteiger partial charge in [0.2, 0.25) is 0 Å². The molecule has 4 nitrogen and oxygen atoms in total. The lowest BCUT2D eigenvalue weighted by molar-refractivity contribution is 0.230. The molecule has 0 saturated carbocycles. The first-order valence-corrected chi connectivity index (χ1v) is 8.84. The van der Waals surface area contributed by atoms with E-state index in [0.717, 1.165) is 24.2 Å². The van der Waals surface area contributed by atoms with E-state index in [0.29, 0.717) is 5.92 Å². The molecule has 0 spiro atoms. The highest BCUT2D eigenvalue weighted by Gasteiger charge is 2.30. The van der Waals surface area contributed by atoms with Gasteiger partial charge in [0.15, 0.2) is 0 Å². The summed E-state index contributed by atoms with van der Waals surface area (Å²) in [5, 5.41) is 6.20. The van der Waals surface area contributed by atoms with Gasteiger partial charge in [-0.05, 0) is 54.5 Å². The number of amides is 2. The topological polar surface area (TPSA) is 50.4 Å². The van der Waals surface area contributed by atoms with Crippen LogP contribution >= 0.6 is 0 Å². The van der Waals surface area contributed by atoms with Crippen LogP contribution in [0.25, 0.3) is 0 Å². The Morgan fingerprint density at radius 3 is 2.84 bits per heavy atom. The van der Waals surface area contributed by atoms with Gasteiger partial charge in [-0.25, -0.2) is 4.79 Å². The van der Waals surface area contributed by atoms with Gasteiger partial charge in [-0.15, -0.1) is 0 Å². The van der Waals surface area contributed by atoms with Crippen molar-refractivity contribution in [2.75, 3.05) is 7.11 Å². The summed E-state index contributed by atoms with van der Waals surface area (Å²) in [7, 11) is 1.66. The zero-order valence-electron chi connectivity index (χ0n) is 15.1. The van der Waals surface area contributed by atoms with Crippen molar-refractivity contribution < 1.29 is 9.53 Å². The Bertz CT molecular complexity index is 744. The van der Waals surface area contributed by atoms with Crippen molar-refractivity contribution in [3.63, 3.8) is 0 Å². The average Bonchev–Trinajstić information content (AvgIpc) is 2.90. The fourth-order valence-electron chi connectivity index (χ4n) is 3.63. The normalized spacial score (nSPS) is 19.8. The van der Waals surface area contributed by atoms with Crippen LogP contribution in [0, 0.1) is 5.92 Å². The van der Waals surface area contributed by atoms with Crippen LogP contribution < -0.4 is 15.4 Å². The SMILES string of the molecule is COc1cccc(CC(C)NC(=O)NC2c3ccccc3CC2C)c1. The summed E-state index contributed by atoms with van der Waals surface area (Å²) in [6.07, 6.45) is 1.78. The number of ether oxygens (including phenoxy) is 1. The lowest BCUT2D eigenvalue weighted by atomic mass is 10.0. The molecule has 1 aliphatic carbocycles. The van der Waals surface area contributed by atoms with E-state index in [2.05, 4.69) is 35.8 Å². The maximum Gasteiger partial charge on any atom is 0.315 e. The van der Waals surface area contributed by atoms with Crippen LogP contribution in [0.4, 0.5) is 4.79 Å². The molecule has 2 amide bonds. The smallest absolute Gasteiger partial charge is 0.315 e. The van der Waals surface area contributed by atoms with Gasteiger partial charge in [0.05, 0.1) is 13.2 Å². The van der Waals surface area contributed by atoms with Gasteiger partial charge in [-0.2, -0.15) is 0 Å². The number of carbonyl (C=O) groups is 1. The molecule has 0 saturated heterocycles. The molecule has 2 aromatic carbocycles. The summed E-state index contributed by atoms with van der Waals surface area (Å²) in [6.45, 7) is 4.20. The maximum atomic E-state index is 12.4. The van der Waals surface area contributed by atoms with E-state index in [-0.39, 0.29) is 18.1 Å². The number of benzene rings is 2. The number of hydrogen-bond acceptors (Lipinski definition) is 2. The Balaban J connectivity index is 1.57. The Labute approximate surface area is 149 Å². The molecule has 0 aliphatic heterocycles. The summed E-state index contributed by atoms with van der Waals surface area (Å²) in [6, 6.07) is 16.3. The molecule has 0 heterocycles. The molecule has 4 heteroatoms. The summed E-state index contributed by atoms with van der Waals surface area (Å²) < 4.78 is 5.25. The molecule has 3 unspecified atom stereocenters. The number of urea groups is 1. The second kappa shape index (κ2) is 7.60. The van der Waals surface area contributed by atoms with Crippen molar-refractivity contribution in [2.24, 2.45) is 5.92 Å². The summed E-state index contributed by atoms with van der Waals surface area (Å²) >= 11 is 0. The van der Waals surface area contributed by atoms with Gasteiger partial charge in [0.25, 0.3) is 0 Å². The first-order valence-electron chi connectivity index (χ1n) is 8.84. The van der Waals surface area contributed by atoms with Gasteiger partial charge < -0.3 is 15.4 Å². The van der Waals surface area contributed by atoms with Crippen molar-refractivity contribution in [1.82, 2.24) is 10.6 Å².